The molecule has 0 unspecified atom stereocenters. The average molecular weight is 379 g/mol. The van der Waals surface area contributed by atoms with E-state index in [0.29, 0.717) is 28.7 Å². The van der Waals surface area contributed by atoms with E-state index >= 15 is 0 Å². The van der Waals surface area contributed by atoms with E-state index in [4.69, 9.17) is 9.15 Å². The molecule has 1 aromatic carbocycles. The Kier molecular flexibility index (Phi) is 4.56. The average Bonchev–Trinajstić information content (AvgIpc) is 2.76. The number of benzene rings is 1. The number of carbonyl (C=O) groups is 1. The summed E-state index contributed by atoms with van der Waals surface area (Å²) in [5.74, 6) is 0.0595. The van der Waals surface area contributed by atoms with Gasteiger partial charge in [0.25, 0.3) is 5.91 Å². The molecule has 0 saturated carbocycles. The second kappa shape index (κ2) is 6.42. The first kappa shape index (κ1) is 18.4. The Balaban J connectivity index is 1.78. The topological polar surface area (TPSA) is 103 Å². The van der Waals surface area contributed by atoms with E-state index < -0.39 is 26.9 Å². The van der Waals surface area contributed by atoms with Crippen LogP contribution in [0.3, 0.4) is 0 Å². The Morgan fingerprint density at radius 1 is 1.31 bits per heavy atom. The molecule has 140 valence electrons. The standard InChI is InChI=1S/C18H21NO6S/c1-11-6-13(17-12(2)8-16(21)25-14(17)7-11)24-9-15(20)19-18(3)4-5-26(22,23)10-18/h6-8H,4-5,9-10H2,1-3H3,(H,19,20)/t18-/m0/s1. The molecule has 0 bridgehead atoms. The van der Waals surface area contributed by atoms with E-state index in [2.05, 4.69) is 5.32 Å². The molecule has 7 nitrogen and oxygen atoms in total. The Morgan fingerprint density at radius 3 is 2.69 bits per heavy atom. The van der Waals surface area contributed by atoms with Crippen LogP contribution in [0.2, 0.25) is 0 Å². The van der Waals surface area contributed by atoms with Crippen molar-refractivity contribution < 1.29 is 22.4 Å². The van der Waals surface area contributed by atoms with E-state index in [0.717, 1.165) is 5.56 Å². The third kappa shape index (κ3) is 3.90. The van der Waals surface area contributed by atoms with E-state index in [1.807, 2.05) is 6.92 Å². The van der Waals surface area contributed by atoms with Gasteiger partial charge in [-0.05, 0) is 50.5 Å². The lowest BCUT2D eigenvalue weighted by atomic mass is 10.0. The van der Waals surface area contributed by atoms with Crippen molar-refractivity contribution in [3.8, 4) is 5.75 Å². The molecule has 1 saturated heterocycles. The molecule has 1 aliphatic rings. The highest BCUT2D eigenvalue weighted by molar-refractivity contribution is 7.91. The number of hydrogen-bond donors (Lipinski definition) is 1. The van der Waals surface area contributed by atoms with Crippen LogP contribution < -0.4 is 15.7 Å². The molecule has 2 heterocycles. The van der Waals surface area contributed by atoms with Crippen LogP contribution in [0.4, 0.5) is 0 Å². The first-order valence-electron chi connectivity index (χ1n) is 8.26. The Bertz CT molecular complexity index is 1040. The molecule has 1 atom stereocenters. The van der Waals surface area contributed by atoms with Gasteiger partial charge in [0.05, 0.1) is 22.4 Å². The Labute approximate surface area is 151 Å². The maximum absolute atomic E-state index is 12.2. The molecule has 0 spiro atoms. The summed E-state index contributed by atoms with van der Waals surface area (Å²) in [6.07, 6.45) is 0.388. The Hall–Kier alpha value is -2.35. The molecule has 0 aliphatic carbocycles. The van der Waals surface area contributed by atoms with Crippen LogP contribution in [0.15, 0.2) is 27.4 Å². The van der Waals surface area contributed by atoms with Gasteiger partial charge in [0, 0.05) is 6.07 Å². The van der Waals surface area contributed by atoms with Crippen LogP contribution in [-0.4, -0.2) is 38.0 Å². The van der Waals surface area contributed by atoms with Gasteiger partial charge < -0.3 is 14.5 Å². The molecule has 1 aliphatic heterocycles. The summed E-state index contributed by atoms with van der Waals surface area (Å²) in [6, 6.07) is 4.88. The number of fused-ring (bicyclic) bond motifs is 1. The molecule has 3 rings (SSSR count). The lowest BCUT2D eigenvalue weighted by Crippen LogP contribution is -2.48. The van der Waals surface area contributed by atoms with E-state index in [-0.39, 0.29) is 18.1 Å². The monoisotopic (exact) mass is 379 g/mol. The first-order chi connectivity index (χ1) is 12.1. The number of ether oxygens (including phenoxy) is 1. The van der Waals surface area contributed by atoms with Crippen LogP contribution in [0.25, 0.3) is 11.0 Å². The van der Waals surface area contributed by atoms with Crippen LogP contribution in [0.5, 0.6) is 5.75 Å². The van der Waals surface area contributed by atoms with Crippen LogP contribution in [0, 0.1) is 13.8 Å². The summed E-state index contributed by atoms with van der Waals surface area (Å²) in [7, 11) is -3.11. The second-order valence-corrected chi connectivity index (χ2v) is 9.31. The number of rotatable bonds is 4. The van der Waals surface area contributed by atoms with Crippen molar-refractivity contribution >= 4 is 26.7 Å². The fourth-order valence-corrected chi connectivity index (χ4v) is 5.41. The van der Waals surface area contributed by atoms with Gasteiger partial charge in [-0.15, -0.1) is 0 Å². The van der Waals surface area contributed by atoms with Crippen molar-refractivity contribution in [1.29, 1.82) is 0 Å². The van der Waals surface area contributed by atoms with E-state index in [1.54, 1.807) is 26.0 Å². The van der Waals surface area contributed by atoms with Crippen molar-refractivity contribution in [2.45, 2.75) is 32.7 Å². The number of aryl methyl sites for hydroxylation is 2. The van der Waals surface area contributed by atoms with Gasteiger partial charge in [0.2, 0.25) is 0 Å². The summed E-state index contributed by atoms with van der Waals surface area (Å²) in [5, 5.41) is 3.39. The van der Waals surface area contributed by atoms with Gasteiger partial charge in [0.15, 0.2) is 16.4 Å². The van der Waals surface area contributed by atoms with Gasteiger partial charge in [-0.25, -0.2) is 13.2 Å². The Morgan fingerprint density at radius 2 is 2.04 bits per heavy atom. The molecular weight excluding hydrogens is 358 g/mol. The normalized spacial score (nSPS) is 21.7. The lowest BCUT2D eigenvalue weighted by Gasteiger charge is -2.24. The maximum Gasteiger partial charge on any atom is 0.336 e. The molecule has 1 N–H and O–H groups in total. The molecular formula is C18H21NO6S. The smallest absolute Gasteiger partial charge is 0.336 e. The lowest BCUT2D eigenvalue weighted by molar-refractivity contribution is -0.124. The predicted octanol–water partition coefficient (Wildman–Crippen LogP) is 1.48. The van der Waals surface area contributed by atoms with Gasteiger partial charge in [-0.1, -0.05) is 0 Å². The highest BCUT2D eigenvalue weighted by Gasteiger charge is 2.39. The van der Waals surface area contributed by atoms with Crippen LogP contribution in [-0.2, 0) is 14.6 Å². The minimum Gasteiger partial charge on any atom is -0.483 e. The van der Waals surface area contributed by atoms with Crippen LogP contribution >= 0.6 is 0 Å². The van der Waals surface area contributed by atoms with Crippen molar-refractivity contribution in [3.05, 3.63) is 39.7 Å². The van der Waals surface area contributed by atoms with Crippen molar-refractivity contribution in [2.24, 2.45) is 0 Å². The van der Waals surface area contributed by atoms with Gasteiger partial charge in [0.1, 0.15) is 11.3 Å². The number of nitrogens with one attached hydrogen (secondary N) is 1. The fraction of sp³-hybridized carbons (Fsp3) is 0.444. The van der Waals surface area contributed by atoms with Gasteiger partial charge in [-0.3, -0.25) is 4.79 Å². The molecule has 0 radical (unpaired) electrons. The summed E-state index contributed by atoms with van der Waals surface area (Å²) in [4.78, 5) is 23.8. The van der Waals surface area contributed by atoms with Crippen molar-refractivity contribution in [3.63, 3.8) is 0 Å². The highest BCUT2D eigenvalue weighted by Crippen LogP contribution is 2.29. The SMILES string of the molecule is Cc1cc(OCC(=O)N[C@@]2(C)CCS(=O)(=O)C2)c2c(C)cc(=O)oc2c1. The molecule has 26 heavy (non-hydrogen) atoms. The zero-order valence-corrected chi connectivity index (χ0v) is 15.7. The summed E-state index contributed by atoms with van der Waals surface area (Å²) < 4.78 is 34.2. The van der Waals surface area contributed by atoms with Gasteiger partial charge in [-0.2, -0.15) is 0 Å². The number of hydrogen-bond acceptors (Lipinski definition) is 6. The zero-order chi connectivity index (χ0) is 19.1. The maximum atomic E-state index is 12.2. The third-order valence-electron chi connectivity index (χ3n) is 4.45. The summed E-state index contributed by atoms with van der Waals surface area (Å²) >= 11 is 0. The molecule has 1 amide bonds. The minimum atomic E-state index is -3.11. The van der Waals surface area contributed by atoms with Crippen molar-refractivity contribution in [2.75, 3.05) is 18.1 Å². The first-order valence-corrected chi connectivity index (χ1v) is 10.1. The zero-order valence-electron chi connectivity index (χ0n) is 14.9. The molecule has 2 aromatic rings. The van der Waals surface area contributed by atoms with Crippen molar-refractivity contribution in [1.82, 2.24) is 5.32 Å². The van der Waals surface area contributed by atoms with Crippen LogP contribution in [0.1, 0.15) is 24.5 Å². The number of carbonyl (C=O) groups excluding carboxylic acids is 1. The number of amides is 1. The van der Waals surface area contributed by atoms with E-state index in [9.17, 15) is 18.0 Å². The van der Waals surface area contributed by atoms with E-state index in [1.165, 1.54) is 6.07 Å². The molecule has 8 heteroatoms. The quantitative estimate of drug-likeness (QED) is 0.807. The fourth-order valence-electron chi connectivity index (χ4n) is 3.32. The minimum absolute atomic E-state index is 0.0661. The summed E-state index contributed by atoms with van der Waals surface area (Å²) in [5.41, 5.74) is 0.714. The number of sulfone groups is 1. The largest absolute Gasteiger partial charge is 0.483 e. The molecule has 1 fully saturated rings. The van der Waals surface area contributed by atoms with Gasteiger partial charge >= 0.3 is 5.63 Å². The molecule has 1 aromatic heterocycles. The third-order valence-corrected chi connectivity index (χ3v) is 6.36. The summed E-state index contributed by atoms with van der Waals surface area (Å²) in [6.45, 7) is 5.06. The second-order valence-electron chi connectivity index (χ2n) is 7.12. The highest BCUT2D eigenvalue weighted by atomic mass is 32.2. The predicted molar refractivity (Wildman–Crippen MR) is 97.3 cm³/mol.